The van der Waals surface area contributed by atoms with Crippen molar-refractivity contribution in [1.82, 2.24) is 10.2 Å². The van der Waals surface area contributed by atoms with Gasteiger partial charge in [-0.1, -0.05) is 40.6 Å². The molecule has 2 N–H and O–H groups in total. The van der Waals surface area contributed by atoms with Crippen molar-refractivity contribution in [2.75, 3.05) is 10.0 Å². The Hall–Kier alpha value is -1.42. The number of benzene rings is 1. The number of carbonyl (C=O) groups excluding carboxylic acids is 1. The summed E-state index contributed by atoms with van der Waals surface area (Å²) in [5.41, 5.74) is 0.125. The lowest BCUT2D eigenvalue weighted by Gasteiger charge is -2.07. The van der Waals surface area contributed by atoms with Crippen LogP contribution in [-0.4, -0.2) is 24.5 Å². The fourth-order valence-electron chi connectivity index (χ4n) is 1.29. The number of hydrogen-bond acceptors (Lipinski definition) is 6. The third-order valence-corrected chi connectivity index (χ3v) is 5.51. The van der Waals surface area contributed by atoms with Crippen LogP contribution in [0.4, 0.5) is 10.8 Å². The maximum Gasteiger partial charge on any atom is 0.291 e. The highest BCUT2D eigenvalue weighted by Gasteiger charge is 2.22. The lowest BCUT2D eigenvalue weighted by Crippen LogP contribution is -2.13. The number of sulfonamides is 1. The second kappa shape index (κ2) is 6.14. The van der Waals surface area contributed by atoms with Gasteiger partial charge in [0.15, 0.2) is 0 Å². The summed E-state index contributed by atoms with van der Waals surface area (Å²) < 4.78 is 26.3. The van der Waals surface area contributed by atoms with Gasteiger partial charge in [0.05, 0.1) is 15.7 Å². The summed E-state index contributed by atoms with van der Waals surface area (Å²) in [6.07, 6.45) is 0. The zero-order chi connectivity index (χ0) is 15.6. The van der Waals surface area contributed by atoms with Gasteiger partial charge in [0.2, 0.25) is 11.0 Å². The summed E-state index contributed by atoms with van der Waals surface area (Å²) in [5.74, 6) is -0.374. The van der Waals surface area contributed by atoms with Crippen LogP contribution in [0.1, 0.15) is 6.92 Å². The Balaban J connectivity index is 2.28. The average Bonchev–Trinajstić information content (AvgIpc) is 2.83. The number of hydrogen-bond donors (Lipinski definition) is 2. The number of rotatable bonds is 4. The SMILES string of the molecule is CC(=O)Nc1nnc(S(=O)(=O)Nc2cccc(Cl)c2Cl)s1. The number of anilines is 2. The topological polar surface area (TPSA) is 101 Å². The average molecular weight is 367 g/mol. The van der Waals surface area contributed by atoms with Gasteiger partial charge >= 0.3 is 0 Å². The summed E-state index contributed by atoms with van der Waals surface area (Å²) >= 11 is 12.4. The number of nitrogens with one attached hydrogen (secondary N) is 2. The van der Waals surface area contributed by atoms with Crippen molar-refractivity contribution in [2.45, 2.75) is 11.3 Å². The maximum atomic E-state index is 12.1. The monoisotopic (exact) mass is 366 g/mol. The molecule has 21 heavy (non-hydrogen) atoms. The molecule has 0 spiro atoms. The Morgan fingerprint density at radius 2 is 2.00 bits per heavy atom. The van der Waals surface area contributed by atoms with Gasteiger partial charge in [-0.15, -0.1) is 10.2 Å². The molecule has 112 valence electrons. The highest BCUT2D eigenvalue weighted by molar-refractivity contribution is 7.94. The first-order chi connectivity index (χ1) is 9.79. The van der Waals surface area contributed by atoms with Crippen molar-refractivity contribution in [3.05, 3.63) is 28.2 Å². The fraction of sp³-hybridized carbons (Fsp3) is 0.100. The van der Waals surface area contributed by atoms with Gasteiger partial charge in [0.25, 0.3) is 14.4 Å². The fourth-order valence-corrected chi connectivity index (χ4v) is 3.71. The molecule has 7 nitrogen and oxygen atoms in total. The molecule has 0 bridgehead atoms. The van der Waals surface area contributed by atoms with Gasteiger partial charge in [-0.05, 0) is 12.1 Å². The molecule has 0 aliphatic rings. The molecule has 0 saturated carbocycles. The number of amides is 1. The van der Waals surface area contributed by atoms with Gasteiger partial charge in [-0.2, -0.15) is 8.42 Å². The van der Waals surface area contributed by atoms with E-state index in [9.17, 15) is 13.2 Å². The molecular formula is C10H8Cl2N4O3S2. The van der Waals surface area contributed by atoms with Crippen LogP contribution in [0.5, 0.6) is 0 Å². The largest absolute Gasteiger partial charge is 0.301 e. The predicted octanol–water partition coefficient (Wildman–Crippen LogP) is 2.60. The van der Waals surface area contributed by atoms with Crippen molar-refractivity contribution in [2.24, 2.45) is 0 Å². The van der Waals surface area contributed by atoms with Crippen LogP contribution in [-0.2, 0) is 14.8 Å². The summed E-state index contributed by atoms with van der Waals surface area (Å²) in [6, 6.07) is 4.54. The van der Waals surface area contributed by atoms with E-state index in [-0.39, 0.29) is 31.1 Å². The standard InChI is InChI=1S/C10H8Cl2N4O3S2/c1-5(17)13-9-14-15-10(20-9)21(18,19)16-7-4-2-3-6(11)8(7)12/h2-4,16H,1H3,(H,13,14,17). The van der Waals surface area contributed by atoms with Crippen LogP contribution in [0.25, 0.3) is 0 Å². The zero-order valence-corrected chi connectivity index (χ0v) is 13.6. The van der Waals surface area contributed by atoms with E-state index >= 15 is 0 Å². The Morgan fingerprint density at radius 3 is 2.67 bits per heavy atom. The first-order valence-electron chi connectivity index (χ1n) is 5.37. The van der Waals surface area contributed by atoms with Gasteiger partial charge < -0.3 is 5.32 Å². The molecule has 1 heterocycles. The Morgan fingerprint density at radius 1 is 1.29 bits per heavy atom. The van der Waals surface area contributed by atoms with Crippen LogP contribution in [0.2, 0.25) is 10.0 Å². The highest BCUT2D eigenvalue weighted by atomic mass is 35.5. The molecule has 0 aliphatic carbocycles. The van der Waals surface area contributed by atoms with E-state index in [0.717, 1.165) is 0 Å². The van der Waals surface area contributed by atoms with Gasteiger partial charge in [0.1, 0.15) is 0 Å². The van der Waals surface area contributed by atoms with E-state index in [4.69, 9.17) is 23.2 Å². The molecular weight excluding hydrogens is 359 g/mol. The lowest BCUT2D eigenvalue weighted by molar-refractivity contribution is -0.114. The molecule has 1 aromatic carbocycles. The molecule has 1 aromatic heterocycles. The third-order valence-electron chi connectivity index (χ3n) is 2.12. The number of carbonyl (C=O) groups is 1. The van der Waals surface area contributed by atoms with E-state index in [1.807, 2.05) is 0 Å². The first-order valence-corrected chi connectivity index (χ1v) is 8.43. The molecule has 0 saturated heterocycles. The molecule has 0 atom stereocenters. The lowest BCUT2D eigenvalue weighted by atomic mass is 10.3. The summed E-state index contributed by atoms with van der Waals surface area (Å²) in [6.45, 7) is 1.28. The normalized spacial score (nSPS) is 11.2. The molecule has 0 unspecified atom stereocenters. The van der Waals surface area contributed by atoms with Crippen LogP contribution in [0, 0.1) is 0 Å². The van der Waals surface area contributed by atoms with Crippen LogP contribution in [0.15, 0.2) is 22.5 Å². The van der Waals surface area contributed by atoms with E-state index in [0.29, 0.717) is 11.3 Å². The van der Waals surface area contributed by atoms with Crippen LogP contribution in [0.3, 0.4) is 0 Å². The zero-order valence-electron chi connectivity index (χ0n) is 10.4. The smallest absolute Gasteiger partial charge is 0.291 e. The minimum absolute atomic E-state index is 0.0781. The van der Waals surface area contributed by atoms with Gasteiger partial charge in [-0.25, -0.2) is 0 Å². The van der Waals surface area contributed by atoms with Crippen molar-refractivity contribution in [3.63, 3.8) is 0 Å². The minimum atomic E-state index is -3.97. The third kappa shape index (κ3) is 3.82. The molecule has 2 rings (SSSR count). The van der Waals surface area contributed by atoms with E-state index < -0.39 is 10.0 Å². The second-order valence-corrected chi connectivity index (χ2v) is 7.38. The quantitative estimate of drug-likeness (QED) is 0.809. The number of halogens is 2. The molecule has 0 radical (unpaired) electrons. The number of aromatic nitrogens is 2. The Kier molecular flexibility index (Phi) is 4.67. The molecule has 1 amide bonds. The van der Waals surface area contributed by atoms with Crippen molar-refractivity contribution < 1.29 is 13.2 Å². The van der Waals surface area contributed by atoms with Crippen LogP contribution >= 0.6 is 34.5 Å². The maximum absolute atomic E-state index is 12.1. The number of nitrogens with zero attached hydrogens (tertiary/aromatic N) is 2. The van der Waals surface area contributed by atoms with Crippen molar-refractivity contribution in [3.8, 4) is 0 Å². The molecule has 11 heteroatoms. The molecule has 2 aromatic rings. The van der Waals surface area contributed by atoms with Crippen molar-refractivity contribution in [1.29, 1.82) is 0 Å². The predicted molar refractivity (Wildman–Crippen MR) is 81.5 cm³/mol. The second-order valence-electron chi connectivity index (χ2n) is 3.76. The summed E-state index contributed by atoms with van der Waals surface area (Å²) in [4.78, 5) is 10.9. The van der Waals surface area contributed by atoms with E-state index in [1.165, 1.54) is 19.1 Å². The summed E-state index contributed by atoms with van der Waals surface area (Å²) in [7, 11) is -3.97. The minimum Gasteiger partial charge on any atom is -0.301 e. The Labute approximate surface area is 134 Å². The Bertz CT molecular complexity index is 791. The summed E-state index contributed by atoms with van der Waals surface area (Å²) in [5, 5.41) is 9.80. The van der Waals surface area contributed by atoms with Gasteiger partial charge in [0, 0.05) is 6.92 Å². The van der Waals surface area contributed by atoms with E-state index in [1.54, 1.807) is 6.07 Å². The molecule has 0 fully saturated rings. The first kappa shape index (κ1) is 16.0. The van der Waals surface area contributed by atoms with Crippen molar-refractivity contribution >= 4 is 61.3 Å². The van der Waals surface area contributed by atoms with E-state index in [2.05, 4.69) is 20.2 Å². The van der Waals surface area contributed by atoms with Gasteiger partial charge in [-0.3, -0.25) is 9.52 Å². The van der Waals surface area contributed by atoms with Crippen LogP contribution < -0.4 is 10.0 Å². The molecule has 0 aliphatic heterocycles. The highest BCUT2D eigenvalue weighted by Crippen LogP contribution is 2.31.